The van der Waals surface area contributed by atoms with Crippen molar-refractivity contribution in [3.8, 4) is 0 Å². The average molecular weight is 298 g/mol. The second-order valence-corrected chi connectivity index (χ2v) is 5.29. The number of nitrogens with zero attached hydrogens (tertiary/aromatic N) is 1. The molecular formula is C14H16ClNO4. The summed E-state index contributed by atoms with van der Waals surface area (Å²) in [7, 11) is 0. The first-order valence-corrected chi connectivity index (χ1v) is 6.77. The zero-order valence-electron chi connectivity index (χ0n) is 11.1. The molecule has 0 aromatic heterocycles. The Balaban J connectivity index is 2.27. The van der Waals surface area contributed by atoms with Gasteiger partial charge < -0.3 is 9.84 Å². The van der Waals surface area contributed by atoms with E-state index >= 15 is 0 Å². The number of carboxylic acids is 1. The van der Waals surface area contributed by atoms with Gasteiger partial charge in [0.15, 0.2) is 0 Å². The number of amides is 1. The largest absolute Gasteiger partial charge is 0.480 e. The van der Waals surface area contributed by atoms with E-state index in [1.54, 1.807) is 24.3 Å². The first-order valence-electron chi connectivity index (χ1n) is 6.39. The van der Waals surface area contributed by atoms with Crippen molar-refractivity contribution in [1.82, 2.24) is 0 Å². The molecule has 0 spiro atoms. The van der Waals surface area contributed by atoms with E-state index < -0.39 is 18.6 Å². The molecular weight excluding hydrogens is 282 g/mol. The Morgan fingerprint density at radius 1 is 1.50 bits per heavy atom. The monoisotopic (exact) mass is 297 g/mol. The quantitative estimate of drug-likeness (QED) is 0.925. The summed E-state index contributed by atoms with van der Waals surface area (Å²) < 4.78 is 5.42. The molecule has 0 radical (unpaired) electrons. The Kier molecular flexibility index (Phi) is 4.62. The number of benzene rings is 1. The zero-order valence-corrected chi connectivity index (χ0v) is 11.8. The van der Waals surface area contributed by atoms with Crippen molar-refractivity contribution in [3.05, 3.63) is 29.3 Å². The summed E-state index contributed by atoms with van der Waals surface area (Å²) in [6.07, 6.45) is 0.209. The summed E-state index contributed by atoms with van der Waals surface area (Å²) >= 11 is 5.90. The lowest BCUT2D eigenvalue weighted by Crippen LogP contribution is -2.44. The van der Waals surface area contributed by atoms with Crippen molar-refractivity contribution in [1.29, 1.82) is 0 Å². The van der Waals surface area contributed by atoms with Gasteiger partial charge in [-0.05, 0) is 30.5 Å². The molecule has 1 aliphatic heterocycles. The van der Waals surface area contributed by atoms with Gasteiger partial charge in [0.1, 0.15) is 12.6 Å². The molecule has 0 saturated carbocycles. The standard InChI is InChI=1S/C14H16ClNO4/c1-9-5-6-20-13(9)14(19)16(8-12(17)18)11-4-2-3-10(15)7-11/h2-4,7,9,13H,5-6,8H2,1H3,(H,17,18). The minimum atomic E-state index is -1.08. The van der Waals surface area contributed by atoms with Crippen molar-refractivity contribution in [2.75, 3.05) is 18.1 Å². The minimum absolute atomic E-state index is 0.0815. The Morgan fingerprint density at radius 3 is 2.80 bits per heavy atom. The van der Waals surface area contributed by atoms with Crippen LogP contribution >= 0.6 is 11.6 Å². The van der Waals surface area contributed by atoms with E-state index in [4.69, 9.17) is 21.4 Å². The highest BCUT2D eigenvalue weighted by Gasteiger charge is 2.35. The first-order chi connectivity index (χ1) is 9.49. The first kappa shape index (κ1) is 14.8. The van der Waals surface area contributed by atoms with Crippen LogP contribution in [0.4, 0.5) is 5.69 Å². The van der Waals surface area contributed by atoms with Crippen molar-refractivity contribution >= 4 is 29.2 Å². The summed E-state index contributed by atoms with van der Waals surface area (Å²) in [5, 5.41) is 9.45. The predicted molar refractivity (Wildman–Crippen MR) is 75.0 cm³/mol. The minimum Gasteiger partial charge on any atom is -0.480 e. The molecule has 1 heterocycles. The fourth-order valence-corrected chi connectivity index (χ4v) is 2.43. The lowest BCUT2D eigenvalue weighted by Gasteiger charge is -2.25. The van der Waals surface area contributed by atoms with Crippen LogP contribution in [0, 0.1) is 5.92 Å². The van der Waals surface area contributed by atoms with Crippen LogP contribution < -0.4 is 4.90 Å². The van der Waals surface area contributed by atoms with E-state index in [0.717, 1.165) is 6.42 Å². The normalized spacial score (nSPS) is 21.7. The Morgan fingerprint density at radius 2 is 2.25 bits per heavy atom. The molecule has 6 heteroatoms. The smallest absolute Gasteiger partial charge is 0.323 e. The number of rotatable bonds is 4. The molecule has 2 rings (SSSR count). The average Bonchev–Trinajstić information content (AvgIpc) is 2.81. The predicted octanol–water partition coefficient (Wildman–Crippen LogP) is 2.18. The van der Waals surface area contributed by atoms with E-state index in [-0.39, 0.29) is 11.8 Å². The van der Waals surface area contributed by atoms with E-state index in [1.807, 2.05) is 6.92 Å². The fourth-order valence-electron chi connectivity index (χ4n) is 2.24. The van der Waals surface area contributed by atoms with Crippen LogP contribution in [-0.4, -0.2) is 36.2 Å². The summed E-state index contributed by atoms with van der Waals surface area (Å²) in [5.74, 6) is -1.33. The maximum absolute atomic E-state index is 12.5. The van der Waals surface area contributed by atoms with Gasteiger partial charge in [-0.25, -0.2) is 0 Å². The van der Waals surface area contributed by atoms with Gasteiger partial charge >= 0.3 is 5.97 Å². The van der Waals surface area contributed by atoms with Crippen LogP contribution in [0.5, 0.6) is 0 Å². The molecule has 1 N–H and O–H groups in total. The zero-order chi connectivity index (χ0) is 14.7. The van der Waals surface area contributed by atoms with E-state index in [9.17, 15) is 9.59 Å². The fraction of sp³-hybridized carbons (Fsp3) is 0.429. The highest BCUT2D eigenvalue weighted by molar-refractivity contribution is 6.31. The third-order valence-electron chi connectivity index (χ3n) is 3.31. The topological polar surface area (TPSA) is 66.8 Å². The molecule has 1 amide bonds. The van der Waals surface area contributed by atoms with Crippen LogP contribution in [0.1, 0.15) is 13.3 Å². The van der Waals surface area contributed by atoms with E-state index in [0.29, 0.717) is 17.3 Å². The van der Waals surface area contributed by atoms with Crippen LogP contribution in [0.2, 0.25) is 5.02 Å². The molecule has 2 atom stereocenters. The van der Waals surface area contributed by atoms with Gasteiger partial charge in [-0.3, -0.25) is 14.5 Å². The second-order valence-electron chi connectivity index (χ2n) is 4.86. The lowest BCUT2D eigenvalue weighted by molar-refractivity contribution is -0.138. The molecule has 20 heavy (non-hydrogen) atoms. The molecule has 1 aromatic carbocycles. The molecule has 1 fully saturated rings. The third kappa shape index (κ3) is 3.29. The molecule has 1 saturated heterocycles. The number of carboxylic acid groups (broad SMARTS) is 1. The van der Waals surface area contributed by atoms with E-state index in [2.05, 4.69) is 0 Å². The van der Waals surface area contributed by atoms with Gasteiger partial charge in [0.2, 0.25) is 0 Å². The number of hydrogen-bond donors (Lipinski definition) is 1. The Hall–Kier alpha value is -1.59. The molecule has 108 valence electrons. The molecule has 2 unspecified atom stereocenters. The number of ether oxygens (including phenoxy) is 1. The van der Waals surface area contributed by atoms with Crippen molar-refractivity contribution in [2.24, 2.45) is 5.92 Å². The van der Waals surface area contributed by atoms with E-state index in [1.165, 1.54) is 4.90 Å². The third-order valence-corrected chi connectivity index (χ3v) is 3.55. The molecule has 1 aliphatic rings. The molecule has 0 bridgehead atoms. The van der Waals surface area contributed by atoms with Crippen LogP contribution in [0.25, 0.3) is 0 Å². The molecule has 1 aromatic rings. The summed E-state index contributed by atoms with van der Waals surface area (Å²) in [6.45, 7) is 2.03. The summed E-state index contributed by atoms with van der Waals surface area (Å²) in [4.78, 5) is 24.7. The van der Waals surface area contributed by atoms with Crippen LogP contribution in [0.3, 0.4) is 0 Å². The Bertz CT molecular complexity index is 520. The number of aliphatic carboxylic acids is 1. The lowest BCUT2D eigenvalue weighted by atomic mass is 10.0. The number of halogens is 1. The maximum atomic E-state index is 12.5. The van der Waals surface area contributed by atoms with Gasteiger partial charge in [-0.15, -0.1) is 0 Å². The van der Waals surface area contributed by atoms with Crippen molar-refractivity contribution in [2.45, 2.75) is 19.4 Å². The maximum Gasteiger partial charge on any atom is 0.323 e. The number of carbonyl (C=O) groups excluding carboxylic acids is 1. The van der Waals surface area contributed by atoms with Crippen molar-refractivity contribution in [3.63, 3.8) is 0 Å². The second kappa shape index (κ2) is 6.24. The van der Waals surface area contributed by atoms with Crippen LogP contribution in [-0.2, 0) is 14.3 Å². The highest BCUT2D eigenvalue weighted by Crippen LogP contribution is 2.26. The van der Waals surface area contributed by atoms with Crippen molar-refractivity contribution < 1.29 is 19.4 Å². The van der Waals surface area contributed by atoms with Gasteiger partial charge in [-0.1, -0.05) is 24.6 Å². The SMILES string of the molecule is CC1CCOC1C(=O)N(CC(=O)O)c1cccc(Cl)c1. The van der Waals surface area contributed by atoms with Crippen LogP contribution in [0.15, 0.2) is 24.3 Å². The Labute approximate surface area is 122 Å². The number of anilines is 1. The van der Waals surface area contributed by atoms with Gasteiger partial charge in [-0.2, -0.15) is 0 Å². The number of hydrogen-bond acceptors (Lipinski definition) is 3. The number of carbonyl (C=O) groups is 2. The molecule has 0 aliphatic carbocycles. The highest BCUT2D eigenvalue weighted by atomic mass is 35.5. The summed E-state index contributed by atoms with van der Waals surface area (Å²) in [5.41, 5.74) is 0.465. The summed E-state index contributed by atoms with van der Waals surface area (Å²) in [6, 6.07) is 6.58. The van der Waals surface area contributed by atoms with Gasteiger partial charge in [0, 0.05) is 17.3 Å². The van der Waals surface area contributed by atoms with Gasteiger partial charge in [0.05, 0.1) is 0 Å². The molecule has 5 nitrogen and oxygen atoms in total. The van der Waals surface area contributed by atoms with Gasteiger partial charge in [0.25, 0.3) is 5.91 Å².